The predicted molar refractivity (Wildman–Crippen MR) is 289 cm³/mol. The van der Waals surface area contributed by atoms with Crippen LogP contribution in [0.5, 0.6) is 0 Å². The number of thiophene rings is 2. The summed E-state index contributed by atoms with van der Waals surface area (Å²) in [5.41, 5.74) is 17.5. The number of para-hydroxylation sites is 1. The first-order valence-electron chi connectivity index (χ1n) is 23.7. The van der Waals surface area contributed by atoms with E-state index in [4.69, 9.17) is 4.42 Å². The molecule has 1 aliphatic carbocycles. The van der Waals surface area contributed by atoms with Crippen molar-refractivity contribution in [3.05, 3.63) is 138 Å². The SMILES string of the molecule is CC(C)(C)c1ccc(Nc2cc3sc4cc5c(cc4c3cc2-c2ccc3c4cc6c(cc4n4c3c2[B]c2sc3ccc(C(C)(C)C)cc3c2-4)oc2ccccc26)C(C)(C)CCC5(C)C)cc1. The molecule has 0 fully saturated rings. The van der Waals surface area contributed by atoms with E-state index in [2.05, 4.69) is 202 Å². The number of fused-ring (bicyclic) bond motifs is 14. The van der Waals surface area contributed by atoms with Gasteiger partial charge in [-0.2, -0.15) is 0 Å². The first-order chi connectivity index (χ1) is 31.4. The number of furan rings is 1. The van der Waals surface area contributed by atoms with E-state index in [1.807, 2.05) is 22.7 Å². The third-order valence-corrected chi connectivity index (χ3v) is 17.6. The van der Waals surface area contributed by atoms with Crippen molar-refractivity contribution < 1.29 is 4.42 Å². The van der Waals surface area contributed by atoms with Gasteiger partial charge in [0, 0.05) is 80.3 Å². The molecule has 1 N–H and O–H groups in total. The van der Waals surface area contributed by atoms with Gasteiger partial charge < -0.3 is 14.3 Å². The maximum atomic E-state index is 6.62. The van der Waals surface area contributed by atoms with Gasteiger partial charge in [0.25, 0.3) is 0 Å². The second-order valence-corrected chi connectivity index (χ2v) is 24.9. The fraction of sp³-hybridized carbons (Fsp3) is 0.267. The summed E-state index contributed by atoms with van der Waals surface area (Å²) in [6.07, 6.45) is 2.40. The molecular weight excluding hydrogens is 840 g/mol. The van der Waals surface area contributed by atoms with E-state index in [1.165, 1.54) is 114 Å². The first-order valence-corrected chi connectivity index (χ1v) is 25.3. The Hall–Kier alpha value is -5.82. The van der Waals surface area contributed by atoms with Crippen LogP contribution >= 0.6 is 22.7 Å². The van der Waals surface area contributed by atoms with Crippen molar-refractivity contribution in [2.75, 3.05) is 5.32 Å². The molecule has 0 saturated carbocycles. The number of hydrogen-bond donors (Lipinski definition) is 1. The summed E-state index contributed by atoms with van der Waals surface area (Å²) in [6.45, 7) is 23.6. The van der Waals surface area contributed by atoms with Crippen LogP contribution in [0.25, 0.3) is 90.8 Å². The van der Waals surface area contributed by atoms with Gasteiger partial charge in [0.2, 0.25) is 7.28 Å². The topological polar surface area (TPSA) is 30.1 Å². The molecule has 0 amide bonds. The van der Waals surface area contributed by atoms with Crippen LogP contribution in [-0.4, -0.2) is 11.8 Å². The van der Waals surface area contributed by atoms with Gasteiger partial charge in [-0.15, -0.1) is 22.7 Å². The predicted octanol–water partition coefficient (Wildman–Crippen LogP) is 16.6. The van der Waals surface area contributed by atoms with Crippen LogP contribution in [-0.2, 0) is 21.7 Å². The molecule has 325 valence electrons. The molecule has 0 atom stereocenters. The van der Waals surface area contributed by atoms with E-state index in [-0.39, 0.29) is 21.7 Å². The Morgan fingerprint density at radius 3 is 2.02 bits per heavy atom. The van der Waals surface area contributed by atoms with Crippen molar-refractivity contribution in [2.45, 2.75) is 104 Å². The van der Waals surface area contributed by atoms with Gasteiger partial charge in [0.05, 0.1) is 11.2 Å². The number of anilines is 2. The highest BCUT2D eigenvalue weighted by molar-refractivity contribution is 7.29. The second kappa shape index (κ2) is 13.4. The van der Waals surface area contributed by atoms with Crippen molar-refractivity contribution in [1.82, 2.24) is 4.57 Å². The number of hydrogen-bond acceptors (Lipinski definition) is 4. The summed E-state index contributed by atoms with van der Waals surface area (Å²) < 4.78 is 14.5. The maximum Gasteiger partial charge on any atom is 0.211 e. The Balaban J connectivity index is 1.11. The Kier molecular flexibility index (Phi) is 8.23. The molecule has 13 rings (SSSR count). The number of aromatic nitrogens is 1. The number of nitrogens with one attached hydrogen (secondary N) is 1. The van der Waals surface area contributed by atoms with Crippen LogP contribution in [0.2, 0.25) is 0 Å². The van der Waals surface area contributed by atoms with E-state index in [9.17, 15) is 0 Å². The molecule has 0 spiro atoms. The van der Waals surface area contributed by atoms with Crippen LogP contribution < -0.4 is 15.6 Å². The molecule has 4 aromatic heterocycles. The molecule has 1 aliphatic heterocycles. The van der Waals surface area contributed by atoms with Crippen molar-refractivity contribution in [2.24, 2.45) is 0 Å². The lowest BCUT2D eigenvalue weighted by atomic mass is 9.63. The lowest BCUT2D eigenvalue weighted by Crippen LogP contribution is -2.35. The van der Waals surface area contributed by atoms with Gasteiger partial charge in [0.1, 0.15) is 11.2 Å². The summed E-state index contributed by atoms with van der Waals surface area (Å²) in [7, 11) is 2.51. The second-order valence-electron chi connectivity index (χ2n) is 22.8. The molecule has 7 aromatic carbocycles. The summed E-state index contributed by atoms with van der Waals surface area (Å²) in [6, 6.07) is 44.2. The van der Waals surface area contributed by atoms with Crippen LogP contribution in [0, 0.1) is 0 Å². The van der Waals surface area contributed by atoms with E-state index >= 15 is 0 Å². The molecule has 11 aromatic rings. The van der Waals surface area contributed by atoms with E-state index < -0.39 is 0 Å². The fourth-order valence-corrected chi connectivity index (χ4v) is 13.7. The normalized spacial score (nSPS) is 15.7. The molecule has 0 saturated heterocycles. The fourth-order valence-electron chi connectivity index (χ4n) is 11.4. The molecule has 6 heteroatoms. The zero-order chi connectivity index (χ0) is 45.4. The minimum atomic E-state index is 0.0210. The lowest BCUT2D eigenvalue weighted by Gasteiger charge is -2.41. The minimum absolute atomic E-state index is 0.0210. The Bertz CT molecular complexity index is 3890. The monoisotopic (exact) mass is 893 g/mol. The Morgan fingerprint density at radius 2 is 1.26 bits per heavy atom. The first kappa shape index (κ1) is 40.5. The van der Waals surface area contributed by atoms with Crippen LogP contribution in [0.4, 0.5) is 11.4 Å². The number of benzene rings is 7. The van der Waals surface area contributed by atoms with Crippen LogP contribution in [0.3, 0.4) is 0 Å². The van der Waals surface area contributed by atoms with E-state index in [1.54, 1.807) is 0 Å². The smallest absolute Gasteiger partial charge is 0.211 e. The molecule has 0 unspecified atom stereocenters. The highest BCUT2D eigenvalue weighted by Gasteiger charge is 2.38. The lowest BCUT2D eigenvalue weighted by molar-refractivity contribution is 0.332. The quantitative estimate of drug-likeness (QED) is 0.179. The summed E-state index contributed by atoms with van der Waals surface area (Å²) in [5.74, 6) is 0. The van der Waals surface area contributed by atoms with E-state index in [0.29, 0.717) is 0 Å². The molecule has 0 bridgehead atoms. The Labute approximate surface area is 395 Å². The zero-order valence-electron chi connectivity index (χ0n) is 39.6. The molecular formula is C60H54BN2OS2. The van der Waals surface area contributed by atoms with Gasteiger partial charge in [-0.3, -0.25) is 0 Å². The van der Waals surface area contributed by atoms with Crippen molar-refractivity contribution in [1.29, 1.82) is 0 Å². The molecule has 2 aliphatic rings. The van der Waals surface area contributed by atoms with Gasteiger partial charge in [-0.25, -0.2) is 0 Å². The molecule has 66 heavy (non-hydrogen) atoms. The maximum absolute atomic E-state index is 6.62. The van der Waals surface area contributed by atoms with Crippen molar-refractivity contribution in [3.8, 4) is 16.8 Å². The zero-order valence-corrected chi connectivity index (χ0v) is 41.3. The third-order valence-electron chi connectivity index (χ3n) is 15.4. The largest absolute Gasteiger partial charge is 0.456 e. The molecule has 3 nitrogen and oxygen atoms in total. The van der Waals surface area contributed by atoms with Crippen molar-refractivity contribution >= 4 is 126 Å². The van der Waals surface area contributed by atoms with Crippen LogP contribution in [0.15, 0.2) is 120 Å². The summed E-state index contributed by atoms with van der Waals surface area (Å²) in [4.78, 5) is 0. The van der Waals surface area contributed by atoms with E-state index in [0.717, 1.165) is 33.3 Å². The van der Waals surface area contributed by atoms with Gasteiger partial charge in [-0.05, 0) is 133 Å². The van der Waals surface area contributed by atoms with Gasteiger partial charge in [0.15, 0.2) is 0 Å². The van der Waals surface area contributed by atoms with Gasteiger partial charge in [-0.1, -0.05) is 118 Å². The molecule has 1 radical (unpaired) electrons. The number of nitrogens with zero attached hydrogens (tertiary/aromatic N) is 1. The standard InChI is InChI=1S/C60H54BN2OS2/c1-57(2,3)32-15-18-34(19-16-32)62-46-30-52-41(42-28-44-45(29-51(42)65-52)60(9,10)24-23-59(44,7)8)26-38(46)36-20-21-37-39-27-40-35-13-11-12-14-48(35)64-49(40)31-47(39)63-54(37)53(36)61-56-55(63)43-25-33(58(4,5)6)17-22-50(43)66-56/h11-22,25-31,62H,23-24H2,1-10H3. The molecule has 5 heterocycles. The van der Waals surface area contributed by atoms with Crippen LogP contribution in [0.1, 0.15) is 104 Å². The average Bonchev–Trinajstić information content (AvgIpc) is 4.02. The highest BCUT2D eigenvalue weighted by atomic mass is 32.1. The van der Waals surface area contributed by atoms with Crippen molar-refractivity contribution in [3.63, 3.8) is 0 Å². The summed E-state index contributed by atoms with van der Waals surface area (Å²) >= 11 is 3.84. The number of rotatable bonds is 3. The Morgan fingerprint density at radius 1 is 0.561 bits per heavy atom. The summed E-state index contributed by atoms with van der Waals surface area (Å²) in [5, 5.41) is 12.8. The highest BCUT2D eigenvalue weighted by Crippen LogP contribution is 2.51. The van der Waals surface area contributed by atoms with Gasteiger partial charge >= 0.3 is 0 Å². The average molecular weight is 894 g/mol. The minimum Gasteiger partial charge on any atom is -0.456 e. The third kappa shape index (κ3) is 5.86.